The number of thioether (sulfide) groups is 1. The predicted octanol–water partition coefficient (Wildman–Crippen LogP) is 4.35. The lowest BCUT2D eigenvalue weighted by atomic mass is 10.1. The summed E-state index contributed by atoms with van der Waals surface area (Å²) in [6.45, 7) is 7.24. The van der Waals surface area contributed by atoms with Gasteiger partial charge in [-0.25, -0.2) is 0 Å². The van der Waals surface area contributed by atoms with Gasteiger partial charge in [-0.05, 0) is 62.9 Å². The van der Waals surface area contributed by atoms with Crippen molar-refractivity contribution < 1.29 is 14.3 Å². The normalized spacial score (nSPS) is 15.8. The number of ether oxygens (including phenoxy) is 1. The van der Waals surface area contributed by atoms with Crippen LogP contribution in [0.25, 0.3) is 0 Å². The summed E-state index contributed by atoms with van der Waals surface area (Å²) in [5.74, 6) is 0.0644. The van der Waals surface area contributed by atoms with Gasteiger partial charge >= 0.3 is 0 Å². The summed E-state index contributed by atoms with van der Waals surface area (Å²) >= 11 is 1.50. The summed E-state index contributed by atoms with van der Waals surface area (Å²) in [7, 11) is 0. The molecule has 0 saturated carbocycles. The molecule has 0 radical (unpaired) electrons. The molecular formula is C24H30N2O3S. The van der Waals surface area contributed by atoms with Crippen LogP contribution in [0, 0.1) is 20.8 Å². The summed E-state index contributed by atoms with van der Waals surface area (Å²) in [5, 5.41) is 2.96. The molecule has 1 unspecified atom stereocenters. The van der Waals surface area contributed by atoms with Crippen LogP contribution in [0.2, 0.25) is 0 Å². The van der Waals surface area contributed by atoms with Crippen molar-refractivity contribution in [2.45, 2.75) is 44.6 Å². The van der Waals surface area contributed by atoms with Gasteiger partial charge < -0.3 is 15.0 Å². The number of aryl methyl sites for hydroxylation is 2. The van der Waals surface area contributed by atoms with Gasteiger partial charge in [0.1, 0.15) is 0 Å². The van der Waals surface area contributed by atoms with Crippen LogP contribution in [0.3, 0.4) is 0 Å². The first kappa shape index (κ1) is 22.4. The Kier molecular flexibility index (Phi) is 7.94. The zero-order chi connectivity index (χ0) is 21.5. The van der Waals surface area contributed by atoms with E-state index in [4.69, 9.17) is 4.74 Å². The number of benzene rings is 2. The Bertz CT molecular complexity index is 877. The second-order valence-electron chi connectivity index (χ2n) is 7.81. The number of rotatable bonds is 8. The molecule has 1 fully saturated rings. The second-order valence-corrected chi connectivity index (χ2v) is 8.86. The van der Waals surface area contributed by atoms with Crippen LogP contribution < -0.4 is 5.32 Å². The number of hydrogen-bond acceptors (Lipinski definition) is 4. The van der Waals surface area contributed by atoms with Crippen molar-refractivity contribution in [3.05, 3.63) is 59.2 Å². The van der Waals surface area contributed by atoms with Crippen molar-refractivity contribution in [2.24, 2.45) is 0 Å². The fourth-order valence-corrected chi connectivity index (χ4v) is 4.21. The molecule has 2 aromatic carbocycles. The third kappa shape index (κ3) is 6.34. The summed E-state index contributed by atoms with van der Waals surface area (Å²) in [4.78, 5) is 28.4. The fourth-order valence-electron chi connectivity index (χ4n) is 3.41. The van der Waals surface area contributed by atoms with Gasteiger partial charge in [-0.2, -0.15) is 0 Å². The fraction of sp³-hybridized carbons (Fsp3) is 0.417. The Morgan fingerprint density at radius 2 is 1.90 bits per heavy atom. The average Bonchev–Trinajstić information content (AvgIpc) is 3.23. The average molecular weight is 427 g/mol. The van der Waals surface area contributed by atoms with Crippen LogP contribution in [0.4, 0.5) is 5.69 Å². The molecule has 0 bridgehead atoms. The van der Waals surface area contributed by atoms with Crippen molar-refractivity contribution in [3.63, 3.8) is 0 Å². The lowest BCUT2D eigenvalue weighted by Crippen LogP contribution is -2.43. The highest BCUT2D eigenvalue weighted by atomic mass is 32.2. The highest BCUT2D eigenvalue weighted by molar-refractivity contribution is 8.00. The minimum absolute atomic E-state index is 0.00632. The number of nitrogens with one attached hydrogen (secondary N) is 1. The smallest absolute Gasteiger partial charge is 0.244 e. The van der Waals surface area contributed by atoms with Gasteiger partial charge in [0.25, 0.3) is 0 Å². The van der Waals surface area contributed by atoms with Gasteiger partial charge in [0.15, 0.2) is 0 Å². The zero-order valence-corrected chi connectivity index (χ0v) is 18.8. The van der Waals surface area contributed by atoms with E-state index >= 15 is 0 Å². The number of carbonyl (C=O) groups is 2. The molecule has 0 spiro atoms. The molecule has 5 nitrogen and oxygen atoms in total. The molecule has 2 aromatic rings. The predicted molar refractivity (Wildman–Crippen MR) is 122 cm³/mol. The summed E-state index contributed by atoms with van der Waals surface area (Å²) in [6, 6.07) is 13.9. The Balaban J connectivity index is 1.63. The van der Waals surface area contributed by atoms with Crippen LogP contribution in [-0.2, 0) is 14.3 Å². The van der Waals surface area contributed by atoms with Gasteiger partial charge in [-0.3, -0.25) is 9.59 Å². The van der Waals surface area contributed by atoms with Gasteiger partial charge in [0, 0.05) is 23.7 Å². The molecule has 1 aliphatic heterocycles. The first-order valence-corrected chi connectivity index (χ1v) is 11.4. The molecule has 2 amide bonds. The molecule has 160 valence electrons. The maximum absolute atomic E-state index is 12.9. The number of carbonyl (C=O) groups excluding carboxylic acids is 2. The molecule has 1 atom stereocenters. The van der Waals surface area contributed by atoms with E-state index in [9.17, 15) is 9.59 Å². The van der Waals surface area contributed by atoms with Crippen LogP contribution in [0.5, 0.6) is 0 Å². The number of anilines is 1. The van der Waals surface area contributed by atoms with Crippen molar-refractivity contribution in [1.29, 1.82) is 0 Å². The first-order chi connectivity index (χ1) is 14.4. The van der Waals surface area contributed by atoms with E-state index in [0.717, 1.165) is 41.2 Å². The van der Waals surface area contributed by atoms with Crippen molar-refractivity contribution in [2.75, 3.05) is 30.8 Å². The van der Waals surface area contributed by atoms with E-state index in [0.29, 0.717) is 12.3 Å². The standard InChI is InChI=1S/C24H30N2O3S/c1-17-9-11-21(12-10-17)30-16-24(28)26(14-20-7-5-13-29-20)15-23(27)25-22-8-4-6-18(2)19(22)3/h4,6,8-12,20H,5,7,13-16H2,1-3H3,(H,25,27). The van der Waals surface area contributed by atoms with E-state index in [1.165, 1.54) is 17.3 Å². The lowest BCUT2D eigenvalue weighted by Gasteiger charge is -2.25. The van der Waals surface area contributed by atoms with Gasteiger partial charge in [-0.1, -0.05) is 29.8 Å². The second kappa shape index (κ2) is 10.6. The van der Waals surface area contributed by atoms with E-state index in [2.05, 4.69) is 5.32 Å². The molecule has 6 heteroatoms. The third-order valence-corrected chi connectivity index (χ3v) is 6.39. The molecule has 30 heavy (non-hydrogen) atoms. The van der Waals surface area contributed by atoms with Crippen molar-refractivity contribution in [3.8, 4) is 0 Å². The Labute approximate surface area is 183 Å². The quantitative estimate of drug-likeness (QED) is 0.638. The zero-order valence-electron chi connectivity index (χ0n) is 17.9. The first-order valence-electron chi connectivity index (χ1n) is 10.4. The number of hydrogen-bond donors (Lipinski definition) is 1. The van der Waals surface area contributed by atoms with Crippen LogP contribution in [0.15, 0.2) is 47.4 Å². The molecule has 0 aliphatic carbocycles. The van der Waals surface area contributed by atoms with E-state index < -0.39 is 0 Å². The summed E-state index contributed by atoms with van der Waals surface area (Å²) < 4.78 is 5.71. The van der Waals surface area contributed by atoms with E-state index in [-0.39, 0.29) is 24.5 Å². The summed E-state index contributed by atoms with van der Waals surface area (Å²) in [6.07, 6.45) is 1.93. The van der Waals surface area contributed by atoms with Crippen LogP contribution >= 0.6 is 11.8 Å². The Morgan fingerprint density at radius 1 is 1.13 bits per heavy atom. The van der Waals surface area contributed by atoms with Crippen LogP contribution in [0.1, 0.15) is 29.5 Å². The van der Waals surface area contributed by atoms with Gasteiger partial charge in [0.05, 0.1) is 18.4 Å². The molecule has 0 aromatic heterocycles. The largest absolute Gasteiger partial charge is 0.376 e. The monoisotopic (exact) mass is 426 g/mol. The van der Waals surface area contributed by atoms with E-state index in [1.807, 2.05) is 63.2 Å². The van der Waals surface area contributed by atoms with Crippen molar-refractivity contribution >= 4 is 29.3 Å². The van der Waals surface area contributed by atoms with Gasteiger partial charge in [0.2, 0.25) is 11.8 Å². The highest BCUT2D eigenvalue weighted by Gasteiger charge is 2.24. The Hall–Kier alpha value is -2.31. The lowest BCUT2D eigenvalue weighted by molar-refractivity contribution is -0.133. The van der Waals surface area contributed by atoms with E-state index in [1.54, 1.807) is 4.90 Å². The molecule has 3 rings (SSSR count). The minimum Gasteiger partial charge on any atom is -0.376 e. The number of amides is 2. The molecule has 1 aliphatic rings. The Morgan fingerprint density at radius 3 is 2.60 bits per heavy atom. The maximum Gasteiger partial charge on any atom is 0.244 e. The summed E-state index contributed by atoms with van der Waals surface area (Å²) in [5.41, 5.74) is 4.14. The van der Waals surface area contributed by atoms with Gasteiger partial charge in [-0.15, -0.1) is 11.8 Å². The maximum atomic E-state index is 12.9. The van der Waals surface area contributed by atoms with Crippen LogP contribution in [-0.4, -0.2) is 48.3 Å². The molecular weight excluding hydrogens is 396 g/mol. The molecule has 1 saturated heterocycles. The van der Waals surface area contributed by atoms with Crippen molar-refractivity contribution in [1.82, 2.24) is 4.90 Å². The topological polar surface area (TPSA) is 58.6 Å². The SMILES string of the molecule is Cc1ccc(SCC(=O)N(CC(=O)Nc2cccc(C)c2C)CC2CCCO2)cc1. The molecule has 1 N–H and O–H groups in total. The number of nitrogens with zero attached hydrogens (tertiary/aromatic N) is 1. The molecule has 1 heterocycles. The highest BCUT2D eigenvalue weighted by Crippen LogP contribution is 2.21. The third-order valence-electron chi connectivity index (χ3n) is 5.40. The minimum atomic E-state index is -0.185.